The second-order valence-corrected chi connectivity index (χ2v) is 6.86. The lowest BCUT2D eigenvalue weighted by atomic mass is 9.76. The van der Waals surface area contributed by atoms with Crippen molar-refractivity contribution in [2.45, 2.75) is 40.0 Å². The zero-order chi connectivity index (χ0) is 16.0. The standard InChI is InChI=1S/C17H26ClNO2/c1-17(2,3)13(9-10-19)6-8-15(20)12-5-7-14(18)16(11-12)21-4/h5,7,11,13H,6,8-10,19H2,1-4H3. The van der Waals surface area contributed by atoms with E-state index in [1.54, 1.807) is 25.3 Å². The Hall–Kier alpha value is -1.06. The summed E-state index contributed by atoms with van der Waals surface area (Å²) in [5.41, 5.74) is 6.50. The SMILES string of the molecule is COc1cc(C(=O)CCC(CCN)C(C)(C)C)ccc1Cl. The molecule has 1 aromatic carbocycles. The summed E-state index contributed by atoms with van der Waals surface area (Å²) >= 11 is 5.98. The molecule has 0 aliphatic rings. The minimum Gasteiger partial charge on any atom is -0.495 e. The molecular weight excluding hydrogens is 286 g/mol. The van der Waals surface area contributed by atoms with Gasteiger partial charge in [0.1, 0.15) is 5.75 Å². The Kier molecular flexibility index (Phi) is 6.69. The number of ketones is 1. The van der Waals surface area contributed by atoms with Crippen LogP contribution in [0.3, 0.4) is 0 Å². The van der Waals surface area contributed by atoms with E-state index in [9.17, 15) is 4.79 Å². The normalized spacial score (nSPS) is 13.0. The minimum absolute atomic E-state index is 0.122. The van der Waals surface area contributed by atoms with Gasteiger partial charge in [-0.2, -0.15) is 0 Å². The van der Waals surface area contributed by atoms with E-state index in [0.717, 1.165) is 12.8 Å². The maximum absolute atomic E-state index is 12.3. The van der Waals surface area contributed by atoms with Crippen molar-refractivity contribution in [1.29, 1.82) is 0 Å². The van der Waals surface area contributed by atoms with Crippen LogP contribution < -0.4 is 10.5 Å². The highest BCUT2D eigenvalue weighted by atomic mass is 35.5. The third-order valence-electron chi connectivity index (χ3n) is 3.93. The predicted octanol–water partition coefficient (Wildman–Crippen LogP) is 4.32. The molecule has 1 rings (SSSR count). The fourth-order valence-corrected chi connectivity index (χ4v) is 2.69. The Bertz CT molecular complexity index is 480. The van der Waals surface area contributed by atoms with E-state index >= 15 is 0 Å². The molecule has 0 heterocycles. The molecule has 1 aromatic rings. The predicted molar refractivity (Wildman–Crippen MR) is 88.2 cm³/mol. The van der Waals surface area contributed by atoms with Gasteiger partial charge >= 0.3 is 0 Å². The number of benzene rings is 1. The largest absolute Gasteiger partial charge is 0.495 e. The molecule has 0 spiro atoms. The number of hydrogen-bond acceptors (Lipinski definition) is 3. The summed E-state index contributed by atoms with van der Waals surface area (Å²) in [7, 11) is 1.55. The van der Waals surface area contributed by atoms with Crippen molar-refractivity contribution in [2.24, 2.45) is 17.1 Å². The fraction of sp³-hybridized carbons (Fsp3) is 0.588. The number of carbonyl (C=O) groups is 1. The van der Waals surface area contributed by atoms with Crippen molar-refractivity contribution in [2.75, 3.05) is 13.7 Å². The molecule has 0 amide bonds. The molecule has 0 radical (unpaired) electrons. The molecule has 118 valence electrons. The monoisotopic (exact) mass is 311 g/mol. The molecule has 0 aromatic heterocycles. The average Bonchev–Trinajstić information content (AvgIpc) is 2.42. The smallest absolute Gasteiger partial charge is 0.163 e. The molecule has 3 nitrogen and oxygen atoms in total. The topological polar surface area (TPSA) is 52.3 Å². The van der Waals surface area contributed by atoms with Crippen LogP contribution in [0.15, 0.2) is 18.2 Å². The minimum atomic E-state index is 0.122. The highest BCUT2D eigenvalue weighted by Crippen LogP contribution is 2.33. The molecule has 0 saturated heterocycles. The molecular formula is C17H26ClNO2. The van der Waals surface area contributed by atoms with Gasteiger partial charge in [0.15, 0.2) is 5.78 Å². The van der Waals surface area contributed by atoms with E-state index in [1.807, 2.05) is 0 Å². The van der Waals surface area contributed by atoms with Crippen molar-refractivity contribution < 1.29 is 9.53 Å². The molecule has 0 aliphatic heterocycles. The van der Waals surface area contributed by atoms with E-state index in [4.69, 9.17) is 22.1 Å². The Morgan fingerprint density at radius 2 is 2.00 bits per heavy atom. The van der Waals surface area contributed by atoms with Crippen molar-refractivity contribution >= 4 is 17.4 Å². The van der Waals surface area contributed by atoms with Gasteiger partial charge in [-0.15, -0.1) is 0 Å². The van der Waals surface area contributed by atoms with Crippen LogP contribution in [0.4, 0.5) is 0 Å². The second kappa shape index (κ2) is 7.81. The van der Waals surface area contributed by atoms with Crippen LogP contribution in [0.2, 0.25) is 5.02 Å². The Labute approximate surface area is 132 Å². The van der Waals surface area contributed by atoms with Gasteiger partial charge in [0.05, 0.1) is 12.1 Å². The highest BCUT2D eigenvalue weighted by molar-refractivity contribution is 6.32. The number of halogens is 1. The molecule has 0 fully saturated rings. The summed E-state index contributed by atoms with van der Waals surface area (Å²) in [5.74, 6) is 1.11. The third-order valence-corrected chi connectivity index (χ3v) is 4.25. The Morgan fingerprint density at radius 3 is 2.52 bits per heavy atom. The second-order valence-electron chi connectivity index (χ2n) is 6.45. The van der Waals surface area contributed by atoms with Crippen molar-refractivity contribution in [1.82, 2.24) is 0 Å². The van der Waals surface area contributed by atoms with Crippen LogP contribution in [0.5, 0.6) is 5.75 Å². The zero-order valence-electron chi connectivity index (χ0n) is 13.4. The fourth-order valence-electron chi connectivity index (χ4n) is 2.49. The van der Waals surface area contributed by atoms with E-state index in [1.165, 1.54) is 0 Å². The Morgan fingerprint density at radius 1 is 1.33 bits per heavy atom. The average molecular weight is 312 g/mol. The number of methoxy groups -OCH3 is 1. The molecule has 4 heteroatoms. The van der Waals surface area contributed by atoms with Gasteiger partial charge in [0.2, 0.25) is 0 Å². The first-order chi connectivity index (χ1) is 9.79. The summed E-state index contributed by atoms with van der Waals surface area (Å²) in [6, 6.07) is 5.16. The molecule has 0 bridgehead atoms. The van der Waals surface area contributed by atoms with E-state index in [2.05, 4.69) is 20.8 Å². The number of hydrogen-bond donors (Lipinski definition) is 1. The molecule has 0 aliphatic carbocycles. The number of Topliss-reactive ketones (excluding diaryl/α,β-unsaturated/α-hetero) is 1. The van der Waals surface area contributed by atoms with Gasteiger partial charge in [-0.3, -0.25) is 4.79 Å². The number of nitrogens with two attached hydrogens (primary N) is 1. The summed E-state index contributed by atoms with van der Waals surface area (Å²) in [6.07, 6.45) is 2.32. The zero-order valence-corrected chi connectivity index (χ0v) is 14.2. The molecule has 1 atom stereocenters. The highest BCUT2D eigenvalue weighted by Gasteiger charge is 2.24. The van der Waals surface area contributed by atoms with Crippen LogP contribution in [0.25, 0.3) is 0 Å². The van der Waals surface area contributed by atoms with Crippen LogP contribution >= 0.6 is 11.6 Å². The van der Waals surface area contributed by atoms with Crippen LogP contribution in [0, 0.1) is 11.3 Å². The van der Waals surface area contributed by atoms with Gasteiger partial charge in [-0.05, 0) is 48.9 Å². The van der Waals surface area contributed by atoms with Gasteiger partial charge < -0.3 is 10.5 Å². The van der Waals surface area contributed by atoms with Crippen LogP contribution in [0.1, 0.15) is 50.4 Å². The maximum atomic E-state index is 12.3. The first-order valence-corrected chi connectivity index (χ1v) is 7.74. The van der Waals surface area contributed by atoms with E-state index < -0.39 is 0 Å². The molecule has 2 N–H and O–H groups in total. The Balaban J connectivity index is 2.72. The van der Waals surface area contributed by atoms with Crippen LogP contribution in [-0.4, -0.2) is 19.4 Å². The molecule has 0 saturated carbocycles. The number of carbonyl (C=O) groups excluding carboxylic acids is 1. The van der Waals surface area contributed by atoms with Crippen molar-refractivity contribution in [3.8, 4) is 5.75 Å². The molecule has 1 unspecified atom stereocenters. The first-order valence-electron chi connectivity index (χ1n) is 7.36. The number of rotatable bonds is 7. The lowest BCUT2D eigenvalue weighted by Gasteiger charge is -2.30. The summed E-state index contributed by atoms with van der Waals surface area (Å²) < 4.78 is 5.15. The van der Waals surface area contributed by atoms with E-state index in [-0.39, 0.29) is 11.2 Å². The van der Waals surface area contributed by atoms with Gasteiger partial charge in [0.25, 0.3) is 0 Å². The summed E-state index contributed by atoms with van der Waals surface area (Å²) in [4.78, 5) is 12.3. The maximum Gasteiger partial charge on any atom is 0.163 e. The lowest BCUT2D eigenvalue weighted by Crippen LogP contribution is -2.24. The number of ether oxygens (including phenoxy) is 1. The first kappa shape index (κ1) is 18.0. The summed E-state index contributed by atoms with van der Waals surface area (Å²) in [6.45, 7) is 7.25. The van der Waals surface area contributed by atoms with Gasteiger partial charge in [-0.1, -0.05) is 32.4 Å². The van der Waals surface area contributed by atoms with E-state index in [0.29, 0.717) is 35.2 Å². The van der Waals surface area contributed by atoms with Crippen LogP contribution in [-0.2, 0) is 0 Å². The lowest BCUT2D eigenvalue weighted by molar-refractivity contribution is 0.0957. The molecule has 21 heavy (non-hydrogen) atoms. The van der Waals surface area contributed by atoms with Crippen molar-refractivity contribution in [3.05, 3.63) is 28.8 Å². The quantitative estimate of drug-likeness (QED) is 0.763. The summed E-state index contributed by atoms with van der Waals surface area (Å²) in [5, 5.41) is 0.518. The van der Waals surface area contributed by atoms with Gasteiger partial charge in [0, 0.05) is 12.0 Å². The van der Waals surface area contributed by atoms with Crippen molar-refractivity contribution in [3.63, 3.8) is 0 Å². The third kappa shape index (κ3) is 5.33. The van der Waals surface area contributed by atoms with Gasteiger partial charge in [-0.25, -0.2) is 0 Å².